The van der Waals surface area contributed by atoms with E-state index < -0.39 is 5.91 Å². The van der Waals surface area contributed by atoms with Gasteiger partial charge in [0.1, 0.15) is 5.75 Å². The molecule has 136 valence electrons. The first-order valence-corrected chi connectivity index (χ1v) is 9.04. The number of hydrogen-bond donors (Lipinski definition) is 1. The van der Waals surface area contributed by atoms with Gasteiger partial charge in [0.05, 0.1) is 0 Å². The predicted molar refractivity (Wildman–Crippen MR) is 110 cm³/mol. The van der Waals surface area contributed by atoms with Crippen LogP contribution in [0.15, 0.2) is 84.9 Å². The summed E-state index contributed by atoms with van der Waals surface area (Å²) in [6.07, 6.45) is 0.911. The second-order valence-electron chi connectivity index (χ2n) is 6.22. The number of rotatable bonds is 7. The van der Waals surface area contributed by atoms with Crippen LogP contribution in [0.5, 0.6) is 5.75 Å². The van der Waals surface area contributed by atoms with Crippen molar-refractivity contribution in [1.29, 1.82) is 0 Å². The van der Waals surface area contributed by atoms with Crippen molar-refractivity contribution in [3.8, 4) is 5.75 Å². The first kappa shape index (κ1) is 18.5. The highest BCUT2D eigenvalue weighted by molar-refractivity contribution is 5.98. The molecule has 0 aliphatic heterocycles. The smallest absolute Gasteiger partial charge is 0.255 e. The van der Waals surface area contributed by atoms with Crippen LogP contribution >= 0.6 is 0 Å². The van der Waals surface area contributed by atoms with Gasteiger partial charge in [-0.2, -0.15) is 0 Å². The van der Waals surface area contributed by atoms with Gasteiger partial charge >= 0.3 is 0 Å². The first-order chi connectivity index (χ1) is 13.2. The fourth-order valence-electron chi connectivity index (χ4n) is 3.16. The van der Waals surface area contributed by atoms with Crippen LogP contribution < -0.4 is 10.5 Å². The predicted octanol–water partition coefficient (Wildman–Crippen LogP) is 4.92. The van der Waals surface area contributed by atoms with Crippen LogP contribution in [0.4, 0.5) is 0 Å². The Bertz CT molecular complexity index is 914. The van der Waals surface area contributed by atoms with Crippen molar-refractivity contribution >= 4 is 17.1 Å². The maximum absolute atomic E-state index is 10.9. The zero-order chi connectivity index (χ0) is 19.1. The van der Waals surface area contributed by atoms with Gasteiger partial charge in [-0.25, -0.2) is 0 Å². The van der Waals surface area contributed by atoms with Gasteiger partial charge in [-0.15, -0.1) is 0 Å². The average Bonchev–Trinajstić information content (AvgIpc) is 2.72. The van der Waals surface area contributed by atoms with E-state index in [0.717, 1.165) is 12.0 Å². The molecular weight excluding hydrogens is 334 g/mol. The molecule has 2 N–H and O–H groups in total. The van der Waals surface area contributed by atoms with E-state index in [1.54, 1.807) is 0 Å². The molecule has 0 atom stereocenters. The van der Waals surface area contributed by atoms with Crippen molar-refractivity contribution in [2.45, 2.75) is 13.3 Å². The van der Waals surface area contributed by atoms with Gasteiger partial charge in [-0.1, -0.05) is 79.7 Å². The van der Waals surface area contributed by atoms with Gasteiger partial charge in [0, 0.05) is 0 Å². The number of allylic oxidation sites excluding steroid dienone is 1. The van der Waals surface area contributed by atoms with Gasteiger partial charge in [-0.3, -0.25) is 4.79 Å². The molecule has 0 spiro atoms. The number of nitrogens with two attached hydrogens (primary N) is 1. The van der Waals surface area contributed by atoms with Crippen molar-refractivity contribution in [2.24, 2.45) is 5.73 Å². The molecule has 1 amide bonds. The summed E-state index contributed by atoms with van der Waals surface area (Å²) < 4.78 is 5.39. The number of primary amides is 1. The molecule has 0 saturated carbocycles. The van der Waals surface area contributed by atoms with E-state index in [9.17, 15) is 4.79 Å². The Morgan fingerprint density at radius 2 is 1.30 bits per heavy atom. The average molecular weight is 357 g/mol. The Morgan fingerprint density at radius 1 is 0.778 bits per heavy atom. The minimum Gasteiger partial charge on any atom is -0.484 e. The largest absolute Gasteiger partial charge is 0.484 e. The quantitative estimate of drug-likeness (QED) is 0.610. The highest BCUT2D eigenvalue weighted by Crippen LogP contribution is 2.34. The molecule has 3 aromatic rings. The Morgan fingerprint density at radius 3 is 1.81 bits per heavy atom. The van der Waals surface area contributed by atoms with Crippen molar-refractivity contribution in [3.05, 3.63) is 102 Å². The molecule has 0 fully saturated rings. The van der Waals surface area contributed by atoms with Crippen molar-refractivity contribution in [1.82, 2.24) is 0 Å². The minimum absolute atomic E-state index is 0.120. The van der Waals surface area contributed by atoms with Gasteiger partial charge in [0.25, 0.3) is 5.91 Å². The summed E-state index contributed by atoms with van der Waals surface area (Å²) in [5, 5.41) is 0. The molecular formula is C24H23NO2. The summed E-state index contributed by atoms with van der Waals surface area (Å²) >= 11 is 0. The molecule has 27 heavy (non-hydrogen) atoms. The zero-order valence-electron chi connectivity index (χ0n) is 15.4. The van der Waals surface area contributed by atoms with Gasteiger partial charge < -0.3 is 10.5 Å². The Labute approximate surface area is 160 Å². The van der Waals surface area contributed by atoms with E-state index >= 15 is 0 Å². The topological polar surface area (TPSA) is 52.3 Å². The molecule has 0 aromatic heterocycles. The van der Waals surface area contributed by atoms with Crippen LogP contribution in [0.2, 0.25) is 0 Å². The fraction of sp³-hybridized carbons (Fsp3) is 0.125. The van der Waals surface area contributed by atoms with Gasteiger partial charge in [0.15, 0.2) is 6.61 Å². The summed E-state index contributed by atoms with van der Waals surface area (Å²) in [6, 6.07) is 28.6. The zero-order valence-corrected chi connectivity index (χ0v) is 15.4. The van der Waals surface area contributed by atoms with E-state index in [0.29, 0.717) is 5.75 Å². The molecule has 0 saturated heterocycles. The van der Waals surface area contributed by atoms with E-state index in [1.807, 2.05) is 36.4 Å². The van der Waals surface area contributed by atoms with E-state index in [2.05, 4.69) is 55.5 Å². The lowest BCUT2D eigenvalue weighted by Gasteiger charge is -2.16. The number of carbonyl (C=O) groups is 1. The van der Waals surface area contributed by atoms with Crippen LogP contribution in [0.25, 0.3) is 11.1 Å². The third kappa shape index (κ3) is 4.64. The molecule has 3 nitrogen and oxygen atoms in total. The molecule has 3 heteroatoms. The fourth-order valence-corrected chi connectivity index (χ4v) is 3.16. The minimum atomic E-state index is -0.485. The third-order valence-electron chi connectivity index (χ3n) is 4.36. The van der Waals surface area contributed by atoms with E-state index in [4.69, 9.17) is 10.5 Å². The summed E-state index contributed by atoms with van der Waals surface area (Å²) in [5.74, 6) is 0.143. The SMILES string of the molecule is CC/C(=C(\c1ccccc1)c1ccc(OCC(N)=O)cc1)c1ccccc1. The molecule has 0 bridgehead atoms. The van der Waals surface area contributed by atoms with Gasteiger partial charge in [-0.05, 0) is 46.4 Å². The van der Waals surface area contributed by atoms with Crippen LogP contribution in [-0.4, -0.2) is 12.5 Å². The second kappa shape index (κ2) is 8.86. The van der Waals surface area contributed by atoms with Crippen molar-refractivity contribution in [2.75, 3.05) is 6.61 Å². The summed E-state index contributed by atoms with van der Waals surface area (Å²) in [6.45, 7) is 2.06. The molecule has 0 aliphatic rings. The summed E-state index contributed by atoms with van der Waals surface area (Å²) in [7, 11) is 0. The maximum atomic E-state index is 10.9. The lowest BCUT2D eigenvalue weighted by Crippen LogP contribution is -2.19. The number of hydrogen-bond acceptors (Lipinski definition) is 2. The summed E-state index contributed by atoms with van der Waals surface area (Å²) in [4.78, 5) is 10.9. The first-order valence-electron chi connectivity index (χ1n) is 9.04. The van der Waals surface area contributed by atoms with E-state index in [1.165, 1.54) is 22.3 Å². The Kier molecular flexibility index (Phi) is 6.06. The molecule has 0 heterocycles. The van der Waals surface area contributed by atoms with Gasteiger partial charge in [0.2, 0.25) is 0 Å². The lowest BCUT2D eigenvalue weighted by molar-refractivity contribution is -0.119. The second-order valence-corrected chi connectivity index (χ2v) is 6.22. The van der Waals surface area contributed by atoms with Crippen LogP contribution in [0.1, 0.15) is 30.0 Å². The Hall–Kier alpha value is -3.33. The molecule has 0 aliphatic carbocycles. The van der Waals surface area contributed by atoms with Crippen LogP contribution in [-0.2, 0) is 4.79 Å². The number of amides is 1. The Balaban J connectivity index is 2.08. The third-order valence-corrected chi connectivity index (χ3v) is 4.36. The lowest BCUT2D eigenvalue weighted by atomic mass is 9.88. The highest BCUT2D eigenvalue weighted by atomic mass is 16.5. The van der Waals surface area contributed by atoms with Crippen molar-refractivity contribution < 1.29 is 9.53 Å². The molecule has 3 rings (SSSR count). The standard InChI is InChI=1S/C24H23NO2/c1-2-22(18-9-5-3-6-10-18)24(19-11-7-4-8-12-19)20-13-15-21(16-14-20)27-17-23(25)26/h3-16H,2,17H2,1H3,(H2,25,26)/b24-22-. The van der Waals surface area contributed by atoms with Crippen LogP contribution in [0.3, 0.4) is 0 Å². The summed E-state index contributed by atoms with van der Waals surface area (Å²) in [5.41, 5.74) is 11.1. The normalized spacial score (nSPS) is 11.6. The molecule has 0 unspecified atom stereocenters. The maximum Gasteiger partial charge on any atom is 0.255 e. The molecule has 3 aromatic carbocycles. The molecule has 0 radical (unpaired) electrons. The monoisotopic (exact) mass is 357 g/mol. The van der Waals surface area contributed by atoms with Crippen molar-refractivity contribution in [3.63, 3.8) is 0 Å². The van der Waals surface area contributed by atoms with E-state index in [-0.39, 0.29) is 6.61 Å². The number of carbonyl (C=O) groups excluding carboxylic acids is 1. The van der Waals surface area contributed by atoms with Crippen LogP contribution in [0, 0.1) is 0 Å². The number of ether oxygens (including phenoxy) is 1. The number of benzene rings is 3. The highest BCUT2D eigenvalue weighted by Gasteiger charge is 2.13.